The fourth-order valence-corrected chi connectivity index (χ4v) is 4.84. The summed E-state index contributed by atoms with van der Waals surface area (Å²) in [7, 11) is -4.27. The normalized spacial score (nSPS) is 15.1. The minimum Gasteiger partial charge on any atom is -0.352 e. The van der Waals surface area contributed by atoms with Crippen molar-refractivity contribution in [3.05, 3.63) is 65.9 Å². The minimum absolute atomic E-state index is 0.0744. The van der Waals surface area contributed by atoms with Crippen molar-refractivity contribution in [3.63, 3.8) is 0 Å². The molecule has 31 heavy (non-hydrogen) atoms. The van der Waals surface area contributed by atoms with Crippen LogP contribution < -0.4 is 10.2 Å². The summed E-state index contributed by atoms with van der Waals surface area (Å²) in [5, 5.41) is 11.4. The first-order chi connectivity index (χ1) is 14.8. The predicted molar refractivity (Wildman–Crippen MR) is 112 cm³/mol. The molecule has 0 aliphatic carbocycles. The Kier molecular flexibility index (Phi) is 5.79. The number of hydrogen-bond acceptors (Lipinski definition) is 7. The number of pyridine rings is 1. The van der Waals surface area contributed by atoms with E-state index in [1.807, 2.05) is 24.0 Å². The molecule has 1 aliphatic rings. The van der Waals surface area contributed by atoms with Gasteiger partial charge in [0, 0.05) is 32.4 Å². The second-order valence-electron chi connectivity index (χ2n) is 7.06. The van der Waals surface area contributed by atoms with E-state index >= 15 is 0 Å². The summed E-state index contributed by atoms with van der Waals surface area (Å²) < 4.78 is 54.4. The number of sulfonamides is 1. The number of benzene rings is 1. The molecule has 3 aromatic rings. The van der Waals surface area contributed by atoms with Crippen molar-refractivity contribution in [2.45, 2.75) is 11.8 Å². The van der Waals surface area contributed by atoms with Gasteiger partial charge in [0.25, 0.3) is 0 Å². The average Bonchev–Trinajstić information content (AvgIpc) is 2.74. The molecular weight excluding hydrogens is 426 g/mol. The van der Waals surface area contributed by atoms with Crippen LogP contribution in [0.15, 0.2) is 53.6 Å². The third-order valence-corrected chi connectivity index (χ3v) is 6.85. The molecule has 4 rings (SSSR count). The van der Waals surface area contributed by atoms with Gasteiger partial charge in [0.15, 0.2) is 16.5 Å². The molecular formula is C20H20F2N6O2S. The van der Waals surface area contributed by atoms with E-state index in [-0.39, 0.29) is 13.1 Å². The van der Waals surface area contributed by atoms with Crippen LogP contribution in [-0.2, 0) is 10.0 Å². The van der Waals surface area contributed by atoms with Crippen LogP contribution in [0.4, 0.5) is 26.2 Å². The molecule has 1 aromatic carbocycles. The maximum absolute atomic E-state index is 14.0. The molecule has 8 nitrogen and oxygen atoms in total. The number of rotatable bonds is 5. The fraction of sp³-hybridized carbons (Fsp3) is 0.250. The zero-order valence-electron chi connectivity index (χ0n) is 16.7. The van der Waals surface area contributed by atoms with Gasteiger partial charge < -0.3 is 10.2 Å². The lowest BCUT2D eigenvalue weighted by atomic mass is 10.3. The maximum atomic E-state index is 14.0. The highest BCUT2D eigenvalue weighted by Crippen LogP contribution is 2.24. The number of nitrogens with one attached hydrogen (secondary N) is 1. The smallest absolute Gasteiger partial charge is 0.249 e. The average molecular weight is 446 g/mol. The maximum Gasteiger partial charge on any atom is 0.249 e. The molecule has 11 heteroatoms. The Hall–Kier alpha value is -3.18. The van der Waals surface area contributed by atoms with Gasteiger partial charge in [-0.25, -0.2) is 22.2 Å². The Morgan fingerprint density at radius 1 is 0.935 bits per heavy atom. The number of aryl methyl sites for hydroxylation is 1. The van der Waals surface area contributed by atoms with Crippen molar-refractivity contribution < 1.29 is 17.2 Å². The molecule has 0 atom stereocenters. The van der Waals surface area contributed by atoms with Gasteiger partial charge in [-0.2, -0.15) is 4.31 Å². The lowest BCUT2D eigenvalue weighted by Crippen LogP contribution is -2.49. The number of aromatic nitrogens is 3. The van der Waals surface area contributed by atoms with Gasteiger partial charge in [-0.05, 0) is 48.9 Å². The van der Waals surface area contributed by atoms with Crippen LogP contribution in [0.5, 0.6) is 0 Å². The molecule has 0 unspecified atom stereocenters. The first kappa shape index (κ1) is 21.1. The van der Waals surface area contributed by atoms with E-state index < -0.39 is 26.6 Å². The van der Waals surface area contributed by atoms with E-state index in [4.69, 9.17) is 0 Å². The third kappa shape index (κ3) is 4.47. The molecule has 1 saturated heterocycles. The van der Waals surface area contributed by atoms with E-state index in [9.17, 15) is 17.2 Å². The Bertz CT molecular complexity index is 1160. The lowest BCUT2D eigenvalue weighted by molar-refractivity contribution is 0.377. The number of halogens is 2. The summed E-state index contributed by atoms with van der Waals surface area (Å²) >= 11 is 0. The SMILES string of the molecule is Cc1ccnc(Nc2ccc(N3CCN(S(=O)(=O)c4c(F)cccc4F)CC3)nn2)c1. The van der Waals surface area contributed by atoms with E-state index in [0.717, 1.165) is 28.1 Å². The molecule has 2 aromatic heterocycles. The Morgan fingerprint density at radius 2 is 1.65 bits per heavy atom. The number of piperazine rings is 1. The monoisotopic (exact) mass is 446 g/mol. The van der Waals surface area contributed by atoms with E-state index in [2.05, 4.69) is 20.5 Å². The molecule has 162 valence electrons. The molecule has 1 fully saturated rings. The molecule has 0 saturated carbocycles. The summed E-state index contributed by atoms with van der Waals surface area (Å²) in [5.41, 5.74) is 1.06. The zero-order chi connectivity index (χ0) is 22.0. The van der Waals surface area contributed by atoms with Crippen molar-refractivity contribution in [2.24, 2.45) is 0 Å². The Balaban J connectivity index is 1.42. The predicted octanol–water partition coefficient (Wildman–Crippen LogP) is 2.71. The first-order valence-corrected chi connectivity index (χ1v) is 11.0. The van der Waals surface area contributed by atoms with E-state index in [0.29, 0.717) is 30.5 Å². The highest BCUT2D eigenvalue weighted by Gasteiger charge is 2.33. The molecule has 0 spiro atoms. The van der Waals surface area contributed by atoms with Crippen LogP contribution in [0.2, 0.25) is 0 Å². The van der Waals surface area contributed by atoms with Gasteiger partial charge in [0.05, 0.1) is 0 Å². The largest absolute Gasteiger partial charge is 0.352 e. The quantitative estimate of drug-likeness (QED) is 0.644. The summed E-state index contributed by atoms with van der Waals surface area (Å²) in [4.78, 5) is 5.16. The zero-order valence-corrected chi connectivity index (χ0v) is 17.5. The van der Waals surface area contributed by atoms with Gasteiger partial charge in [0.2, 0.25) is 10.0 Å². The van der Waals surface area contributed by atoms with Crippen LogP contribution in [-0.4, -0.2) is 54.1 Å². The van der Waals surface area contributed by atoms with Gasteiger partial charge in [0.1, 0.15) is 17.5 Å². The summed E-state index contributed by atoms with van der Waals surface area (Å²) in [6, 6.07) is 10.3. The first-order valence-electron chi connectivity index (χ1n) is 9.57. The van der Waals surface area contributed by atoms with Gasteiger partial charge in [-0.15, -0.1) is 10.2 Å². The van der Waals surface area contributed by atoms with Crippen LogP contribution in [0, 0.1) is 18.6 Å². The van der Waals surface area contributed by atoms with E-state index in [1.54, 1.807) is 18.3 Å². The van der Waals surface area contributed by atoms with Crippen molar-refractivity contribution in [2.75, 3.05) is 36.4 Å². The van der Waals surface area contributed by atoms with Crippen LogP contribution >= 0.6 is 0 Å². The molecule has 0 radical (unpaired) electrons. The standard InChI is InChI=1S/C20H20F2N6O2S/c1-14-7-8-23-18(13-14)24-17-5-6-19(26-25-17)27-9-11-28(12-10-27)31(29,30)20-15(21)3-2-4-16(20)22/h2-8,13H,9-12H2,1H3,(H,23,24,25). The van der Waals surface area contributed by atoms with Crippen molar-refractivity contribution >= 4 is 27.5 Å². The highest BCUT2D eigenvalue weighted by atomic mass is 32.2. The molecule has 0 bridgehead atoms. The van der Waals surface area contributed by atoms with Crippen molar-refractivity contribution in [1.29, 1.82) is 0 Å². The van der Waals surface area contributed by atoms with Crippen molar-refractivity contribution in [1.82, 2.24) is 19.5 Å². The third-order valence-electron chi connectivity index (χ3n) is 4.90. The number of hydrogen-bond donors (Lipinski definition) is 1. The van der Waals surface area contributed by atoms with Crippen LogP contribution in [0.25, 0.3) is 0 Å². The Labute approximate surface area is 178 Å². The van der Waals surface area contributed by atoms with Gasteiger partial charge >= 0.3 is 0 Å². The highest BCUT2D eigenvalue weighted by molar-refractivity contribution is 7.89. The fourth-order valence-electron chi connectivity index (χ4n) is 3.31. The number of anilines is 3. The topological polar surface area (TPSA) is 91.3 Å². The minimum atomic E-state index is -4.27. The summed E-state index contributed by atoms with van der Waals surface area (Å²) in [5.74, 6) is -0.435. The molecule has 3 heterocycles. The lowest BCUT2D eigenvalue weighted by Gasteiger charge is -2.34. The Morgan fingerprint density at radius 3 is 2.26 bits per heavy atom. The molecule has 1 N–H and O–H groups in total. The van der Waals surface area contributed by atoms with Gasteiger partial charge in [-0.1, -0.05) is 6.07 Å². The second-order valence-corrected chi connectivity index (χ2v) is 8.94. The summed E-state index contributed by atoms with van der Waals surface area (Å²) in [6.45, 7) is 2.74. The number of nitrogens with zero attached hydrogens (tertiary/aromatic N) is 5. The molecule has 1 aliphatic heterocycles. The van der Waals surface area contributed by atoms with Crippen LogP contribution in [0.3, 0.4) is 0 Å². The van der Waals surface area contributed by atoms with Crippen molar-refractivity contribution in [3.8, 4) is 0 Å². The summed E-state index contributed by atoms with van der Waals surface area (Å²) in [6.07, 6.45) is 1.69. The van der Waals surface area contributed by atoms with Gasteiger partial charge in [-0.3, -0.25) is 0 Å². The second kappa shape index (κ2) is 8.52. The van der Waals surface area contributed by atoms with Crippen LogP contribution in [0.1, 0.15) is 5.56 Å². The van der Waals surface area contributed by atoms with E-state index in [1.165, 1.54) is 0 Å². The molecule has 0 amide bonds.